The van der Waals surface area contributed by atoms with Crippen molar-refractivity contribution in [2.24, 2.45) is 0 Å². The Bertz CT molecular complexity index is 575. The van der Waals surface area contributed by atoms with Crippen LogP contribution >= 0.6 is 22.6 Å². The number of nitrogens with zero attached hydrogens (tertiary/aromatic N) is 1. The van der Waals surface area contributed by atoms with Crippen molar-refractivity contribution in [3.05, 3.63) is 63.0 Å². The molecule has 0 spiro atoms. The Labute approximate surface area is 124 Å². The predicted octanol–water partition coefficient (Wildman–Crippen LogP) is 3.66. The molecule has 2 nitrogen and oxygen atoms in total. The van der Waals surface area contributed by atoms with E-state index in [-0.39, 0.29) is 17.7 Å². The highest BCUT2D eigenvalue weighted by Crippen LogP contribution is 2.28. The number of nitrogens with one attached hydrogen (secondary N) is 1. The van der Waals surface area contributed by atoms with Crippen LogP contribution in [0.5, 0.6) is 0 Å². The van der Waals surface area contributed by atoms with Gasteiger partial charge in [-0.1, -0.05) is 13.0 Å². The Morgan fingerprint density at radius 3 is 2.68 bits per heavy atom. The maximum atomic E-state index is 13.9. The van der Waals surface area contributed by atoms with Gasteiger partial charge in [-0.25, -0.2) is 8.78 Å². The second kappa shape index (κ2) is 6.38. The maximum absolute atomic E-state index is 13.9. The second-order valence-electron chi connectivity index (χ2n) is 4.05. The van der Waals surface area contributed by atoms with E-state index in [0.29, 0.717) is 12.1 Å². The van der Waals surface area contributed by atoms with E-state index in [1.54, 1.807) is 18.3 Å². The van der Waals surface area contributed by atoms with Gasteiger partial charge in [0, 0.05) is 15.3 Å². The van der Waals surface area contributed by atoms with Crippen LogP contribution in [0.25, 0.3) is 0 Å². The minimum Gasteiger partial charge on any atom is -0.306 e. The van der Waals surface area contributed by atoms with Crippen LogP contribution in [0.2, 0.25) is 0 Å². The molecule has 2 aromatic rings. The molecule has 0 radical (unpaired) electrons. The molecule has 0 bridgehead atoms. The lowest BCUT2D eigenvalue weighted by Gasteiger charge is -2.20. The molecule has 0 fully saturated rings. The molecular formula is C14H13F2IN2. The van der Waals surface area contributed by atoms with Crippen LogP contribution in [0.15, 0.2) is 36.7 Å². The largest absolute Gasteiger partial charge is 0.306 e. The molecular weight excluding hydrogens is 361 g/mol. The fourth-order valence-corrected chi connectivity index (χ4v) is 2.74. The summed E-state index contributed by atoms with van der Waals surface area (Å²) in [5, 5.41) is 3.22. The highest BCUT2D eigenvalue weighted by molar-refractivity contribution is 14.1. The summed E-state index contributed by atoms with van der Waals surface area (Å²) in [7, 11) is 0. The first kappa shape index (κ1) is 14.3. The minimum atomic E-state index is -0.367. The minimum absolute atomic E-state index is 0.293. The number of halogens is 3. The van der Waals surface area contributed by atoms with Gasteiger partial charge in [0.05, 0.1) is 12.2 Å². The maximum Gasteiger partial charge on any atom is 0.146 e. The average molecular weight is 374 g/mol. The van der Waals surface area contributed by atoms with Crippen LogP contribution in [0.4, 0.5) is 8.78 Å². The van der Waals surface area contributed by atoms with Gasteiger partial charge in [-0.15, -0.1) is 0 Å². The third-order valence-corrected chi connectivity index (χ3v) is 3.73. The first-order valence-corrected chi connectivity index (χ1v) is 6.99. The molecule has 0 amide bonds. The van der Waals surface area contributed by atoms with Gasteiger partial charge in [-0.3, -0.25) is 4.98 Å². The van der Waals surface area contributed by atoms with Gasteiger partial charge in [0.1, 0.15) is 11.6 Å². The Balaban J connectivity index is 2.48. The summed E-state index contributed by atoms with van der Waals surface area (Å²) >= 11 is 2.06. The Hall–Kier alpha value is -1.08. The van der Waals surface area contributed by atoms with Crippen molar-refractivity contribution in [1.29, 1.82) is 0 Å². The summed E-state index contributed by atoms with van der Waals surface area (Å²) in [6.45, 7) is 2.63. The van der Waals surface area contributed by atoms with Gasteiger partial charge in [0.2, 0.25) is 0 Å². The summed E-state index contributed by atoms with van der Waals surface area (Å²) in [5.41, 5.74) is 1.37. The van der Waals surface area contributed by atoms with Crippen molar-refractivity contribution in [3.8, 4) is 0 Å². The number of aromatic nitrogens is 1. The van der Waals surface area contributed by atoms with Gasteiger partial charge >= 0.3 is 0 Å². The normalized spacial score (nSPS) is 12.4. The van der Waals surface area contributed by atoms with Crippen molar-refractivity contribution in [2.45, 2.75) is 13.0 Å². The standard InChI is InChI=1S/C14H13F2IN2/c1-2-19-14(10-5-6-18-8-12(10)16)11-4-3-9(15)7-13(11)17/h3-8,14,19H,2H2,1H3. The Kier molecular flexibility index (Phi) is 4.81. The molecule has 0 saturated heterocycles. The number of hydrogen-bond donors (Lipinski definition) is 1. The zero-order chi connectivity index (χ0) is 13.8. The van der Waals surface area contributed by atoms with Gasteiger partial charge in [-0.2, -0.15) is 0 Å². The van der Waals surface area contributed by atoms with Crippen molar-refractivity contribution in [2.75, 3.05) is 6.54 Å². The number of pyridine rings is 1. The second-order valence-corrected chi connectivity index (χ2v) is 5.22. The molecule has 2 rings (SSSR count). The van der Waals surface area contributed by atoms with E-state index in [4.69, 9.17) is 0 Å². The third-order valence-electron chi connectivity index (χ3n) is 2.80. The van der Waals surface area contributed by atoms with E-state index < -0.39 is 0 Å². The smallest absolute Gasteiger partial charge is 0.146 e. The predicted molar refractivity (Wildman–Crippen MR) is 78.8 cm³/mol. The number of benzene rings is 1. The fraction of sp³-hybridized carbons (Fsp3) is 0.214. The van der Waals surface area contributed by atoms with Crippen LogP contribution < -0.4 is 5.32 Å². The zero-order valence-corrected chi connectivity index (χ0v) is 12.5. The van der Waals surface area contributed by atoms with Crippen LogP contribution in [0.3, 0.4) is 0 Å². The molecule has 19 heavy (non-hydrogen) atoms. The summed E-state index contributed by atoms with van der Waals surface area (Å²) in [4.78, 5) is 3.75. The Morgan fingerprint density at radius 2 is 2.05 bits per heavy atom. The van der Waals surface area contributed by atoms with Crippen LogP contribution in [0, 0.1) is 15.2 Å². The van der Waals surface area contributed by atoms with Gasteiger partial charge in [0.25, 0.3) is 0 Å². The molecule has 5 heteroatoms. The van der Waals surface area contributed by atoms with E-state index in [2.05, 4.69) is 32.9 Å². The quantitative estimate of drug-likeness (QED) is 0.827. The van der Waals surface area contributed by atoms with E-state index in [9.17, 15) is 8.78 Å². The lowest BCUT2D eigenvalue weighted by molar-refractivity contribution is 0.552. The summed E-state index contributed by atoms with van der Waals surface area (Å²) < 4.78 is 27.8. The van der Waals surface area contributed by atoms with Gasteiger partial charge < -0.3 is 5.32 Å². The first-order chi connectivity index (χ1) is 9.13. The Morgan fingerprint density at radius 1 is 1.26 bits per heavy atom. The first-order valence-electron chi connectivity index (χ1n) is 5.91. The topological polar surface area (TPSA) is 24.9 Å². The molecule has 0 saturated carbocycles. The number of hydrogen-bond acceptors (Lipinski definition) is 2. The average Bonchev–Trinajstić information content (AvgIpc) is 2.38. The molecule has 1 aromatic carbocycles. The highest BCUT2D eigenvalue weighted by atomic mass is 127. The third kappa shape index (κ3) is 3.27. The van der Waals surface area contributed by atoms with Gasteiger partial charge in [0.15, 0.2) is 0 Å². The fourth-order valence-electron chi connectivity index (χ4n) is 1.95. The SMILES string of the molecule is CCNC(c1ccncc1F)c1ccc(F)cc1I. The summed E-state index contributed by atoms with van der Waals surface area (Å²) in [6, 6.07) is 5.85. The van der Waals surface area contributed by atoms with E-state index in [0.717, 1.165) is 9.13 Å². The lowest BCUT2D eigenvalue weighted by atomic mass is 9.99. The zero-order valence-electron chi connectivity index (χ0n) is 10.3. The van der Waals surface area contributed by atoms with Crippen LogP contribution in [0.1, 0.15) is 24.1 Å². The van der Waals surface area contributed by atoms with Crippen LogP contribution in [-0.4, -0.2) is 11.5 Å². The molecule has 1 atom stereocenters. The highest BCUT2D eigenvalue weighted by Gasteiger charge is 2.19. The van der Waals surface area contributed by atoms with Crippen molar-refractivity contribution in [3.63, 3.8) is 0 Å². The number of rotatable bonds is 4. The van der Waals surface area contributed by atoms with Gasteiger partial charge in [-0.05, 0) is 52.9 Å². The monoisotopic (exact) mass is 374 g/mol. The van der Waals surface area contributed by atoms with E-state index >= 15 is 0 Å². The molecule has 1 aromatic heterocycles. The van der Waals surface area contributed by atoms with E-state index in [1.165, 1.54) is 18.3 Å². The van der Waals surface area contributed by atoms with E-state index in [1.807, 2.05) is 6.92 Å². The molecule has 100 valence electrons. The summed E-state index contributed by atoms with van der Waals surface area (Å²) in [6.07, 6.45) is 2.75. The molecule has 0 aliphatic heterocycles. The molecule has 0 aliphatic carbocycles. The van der Waals surface area contributed by atoms with Crippen LogP contribution in [-0.2, 0) is 0 Å². The molecule has 1 N–H and O–H groups in total. The molecule has 1 heterocycles. The van der Waals surface area contributed by atoms with Crippen molar-refractivity contribution in [1.82, 2.24) is 10.3 Å². The summed E-state index contributed by atoms with van der Waals surface area (Å²) in [5.74, 6) is -0.660. The lowest BCUT2D eigenvalue weighted by Crippen LogP contribution is -2.24. The van der Waals surface area contributed by atoms with Crippen molar-refractivity contribution < 1.29 is 8.78 Å². The molecule has 0 aliphatic rings. The van der Waals surface area contributed by atoms with Crippen molar-refractivity contribution >= 4 is 22.6 Å². The molecule has 1 unspecified atom stereocenters.